The molecular weight excluding hydrogens is 290 g/mol. The Kier molecular flexibility index (Phi) is 4.66. The summed E-state index contributed by atoms with van der Waals surface area (Å²) < 4.78 is 1.91. The maximum Gasteiger partial charge on any atom is 0.222 e. The lowest BCUT2D eigenvalue weighted by Gasteiger charge is -2.37. The normalized spacial score (nSPS) is 17.2. The zero-order chi connectivity index (χ0) is 16.4. The van der Waals surface area contributed by atoms with Crippen molar-refractivity contribution in [1.82, 2.24) is 9.47 Å². The Morgan fingerprint density at radius 3 is 2.48 bits per heavy atom. The van der Waals surface area contributed by atoms with Crippen LogP contribution >= 0.6 is 0 Å². The third kappa shape index (κ3) is 2.74. The number of fused-ring (bicyclic) bond motifs is 1. The molecule has 0 spiro atoms. The van der Waals surface area contributed by atoms with Crippen LogP contribution in [0, 0.1) is 4.91 Å². The van der Waals surface area contributed by atoms with Gasteiger partial charge in [0.05, 0.1) is 5.52 Å². The van der Waals surface area contributed by atoms with Crippen molar-refractivity contribution in [2.24, 2.45) is 5.18 Å². The molecule has 1 saturated heterocycles. The Bertz CT molecular complexity index is 683. The Labute approximate surface area is 136 Å². The fraction of sp³-hybridized carbons (Fsp3) is 0.556. The predicted octanol–water partition coefficient (Wildman–Crippen LogP) is 4.57. The standard InChI is InChI=1S/C18H25N3O2/c1-3-13(4-2)20-11-9-14(10-12-20)21-16-8-6-5-7-15(16)17(19-23)18(21)22/h5-8,13-14,22H,3-4,9-12H2,1-2H3. The number of aromatic nitrogens is 1. The molecule has 5 nitrogen and oxygen atoms in total. The van der Waals surface area contributed by atoms with Gasteiger partial charge in [-0.05, 0) is 36.9 Å². The first-order valence-corrected chi connectivity index (χ1v) is 8.60. The summed E-state index contributed by atoms with van der Waals surface area (Å²) in [6, 6.07) is 8.49. The van der Waals surface area contributed by atoms with E-state index in [4.69, 9.17) is 0 Å². The maximum atomic E-state index is 11.1. The van der Waals surface area contributed by atoms with Crippen molar-refractivity contribution in [3.8, 4) is 5.88 Å². The summed E-state index contributed by atoms with van der Waals surface area (Å²) >= 11 is 0. The quantitative estimate of drug-likeness (QED) is 0.822. The van der Waals surface area contributed by atoms with Gasteiger partial charge in [-0.15, -0.1) is 4.91 Å². The van der Waals surface area contributed by atoms with Crippen molar-refractivity contribution in [2.75, 3.05) is 13.1 Å². The van der Waals surface area contributed by atoms with E-state index in [-0.39, 0.29) is 17.6 Å². The molecule has 0 amide bonds. The zero-order valence-corrected chi connectivity index (χ0v) is 13.9. The van der Waals surface area contributed by atoms with Gasteiger partial charge in [0, 0.05) is 30.6 Å². The molecule has 23 heavy (non-hydrogen) atoms. The average Bonchev–Trinajstić information content (AvgIpc) is 2.88. The summed E-state index contributed by atoms with van der Waals surface area (Å²) in [5.74, 6) is 0.0159. The Morgan fingerprint density at radius 1 is 1.22 bits per heavy atom. The van der Waals surface area contributed by atoms with Crippen LogP contribution in [-0.4, -0.2) is 33.7 Å². The fourth-order valence-electron chi connectivity index (χ4n) is 4.01. The lowest BCUT2D eigenvalue weighted by atomic mass is 10.0. The van der Waals surface area contributed by atoms with E-state index in [2.05, 4.69) is 23.9 Å². The van der Waals surface area contributed by atoms with E-state index in [0.29, 0.717) is 6.04 Å². The third-order valence-corrected chi connectivity index (χ3v) is 5.27. The smallest absolute Gasteiger partial charge is 0.222 e. The van der Waals surface area contributed by atoms with Crippen LogP contribution < -0.4 is 0 Å². The van der Waals surface area contributed by atoms with Gasteiger partial charge in [-0.1, -0.05) is 32.0 Å². The van der Waals surface area contributed by atoms with Crippen LogP contribution in [0.1, 0.15) is 45.6 Å². The molecule has 0 atom stereocenters. The molecule has 0 unspecified atom stereocenters. The van der Waals surface area contributed by atoms with Gasteiger partial charge in [0.15, 0.2) is 5.69 Å². The number of piperidine rings is 1. The van der Waals surface area contributed by atoms with Gasteiger partial charge in [-0.25, -0.2) is 0 Å². The molecule has 2 heterocycles. The molecule has 0 aliphatic carbocycles. The van der Waals surface area contributed by atoms with Gasteiger partial charge in [0.1, 0.15) is 0 Å². The molecule has 0 saturated carbocycles. The molecule has 5 heteroatoms. The Morgan fingerprint density at radius 2 is 1.87 bits per heavy atom. The minimum Gasteiger partial charge on any atom is -0.493 e. The summed E-state index contributed by atoms with van der Waals surface area (Å²) in [6.45, 7) is 6.56. The van der Waals surface area contributed by atoms with E-state index in [0.717, 1.165) is 36.8 Å². The summed E-state index contributed by atoms with van der Waals surface area (Å²) in [5, 5.41) is 14.3. The molecule has 1 N–H and O–H groups in total. The van der Waals surface area contributed by atoms with Crippen molar-refractivity contribution in [2.45, 2.75) is 51.6 Å². The molecule has 3 rings (SSSR count). The topological polar surface area (TPSA) is 57.8 Å². The molecule has 1 fully saturated rings. The van der Waals surface area contributed by atoms with Crippen LogP contribution in [0.2, 0.25) is 0 Å². The second-order valence-corrected chi connectivity index (χ2v) is 6.39. The largest absolute Gasteiger partial charge is 0.493 e. The number of nitrogens with zero attached hydrogens (tertiary/aromatic N) is 3. The summed E-state index contributed by atoms with van der Waals surface area (Å²) in [6.07, 6.45) is 4.33. The van der Waals surface area contributed by atoms with Gasteiger partial charge < -0.3 is 14.6 Å². The van der Waals surface area contributed by atoms with E-state index >= 15 is 0 Å². The number of benzene rings is 1. The average molecular weight is 315 g/mol. The Hall–Kier alpha value is -1.88. The van der Waals surface area contributed by atoms with Crippen molar-refractivity contribution in [3.63, 3.8) is 0 Å². The molecule has 1 aliphatic rings. The minimum absolute atomic E-state index is 0.0159. The molecule has 1 aromatic heterocycles. The highest BCUT2D eigenvalue weighted by atomic mass is 16.3. The number of likely N-dealkylation sites (tertiary alicyclic amines) is 1. The van der Waals surface area contributed by atoms with Gasteiger partial charge >= 0.3 is 0 Å². The summed E-state index contributed by atoms with van der Waals surface area (Å²) in [5.41, 5.74) is 1.07. The number of hydrogen-bond acceptors (Lipinski definition) is 4. The van der Waals surface area contributed by atoms with Crippen LogP contribution in [-0.2, 0) is 0 Å². The molecule has 2 aromatic rings. The van der Waals surface area contributed by atoms with E-state index in [1.807, 2.05) is 28.8 Å². The second-order valence-electron chi connectivity index (χ2n) is 6.39. The van der Waals surface area contributed by atoms with Crippen LogP contribution in [0.15, 0.2) is 29.4 Å². The highest BCUT2D eigenvalue weighted by Gasteiger charge is 2.28. The first-order valence-electron chi connectivity index (χ1n) is 8.60. The first-order chi connectivity index (χ1) is 11.2. The van der Waals surface area contributed by atoms with Crippen molar-refractivity contribution in [3.05, 3.63) is 29.2 Å². The van der Waals surface area contributed by atoms with Crippen molar-refractivity contribution in [1.29, 1.82) is 0 Å². The van der Waals surface area contributed by atoms with Crippen LogP contribution in [0.3, 0.4) is 0 Å². The molecule has 0 bridgehead atoms. The summed E-state index contributed by atoms with van der Waals surface area (Å²) in [4.78, 5) is 13.7. The Balaban J connectivity index is 1.88. The monoisotopic (exact) mass is 315 g/mol. The minimum atomic E-state index is 0.0159. The molecule has 0 radical (unpaired) electrons. The number of nitroso groups, excluding NO2 is 1. The van der Waals surface area contributed by atoms with E-state index in [1.54, 1.807) is 0 Å². The maximum absolute atomic E-state index is 11.1. The number of hydrogen-bond donors (Lipinski definition) is 1. The lowest BCUT2D eigenvalue weighted by molar-refractivity contribution is 0.127. The number of para-hydroxylation sites is 1. The highest BCUT2D eigenvalue weighted by Crippen LogP contribution is 2.42. The second kappa shape index (κ2) is 6.71. The van der Waals surface area contributed by atoms with Gasteiger partial charge in [0.25, 0.3) is 0 Å². The SMILES string of the molecule is CCC(CC)N1CCC(n2c(O)c(N=O)c3ccccc32)CC1. The van der Waals surface area contributed by atoms with Gasteiger partial charge in [-0.3, -0.25) is 0 Å². The molecule has 1 aromatic carbocycles. The van der Waals surface area contributed by atoms with Crippen molar-refractivity contribution < 1.29 is 5.11 Å². The van der Waals surface area contributed by atoms with E-state index in [9.17, 15) is 10.0 Å². The van der Waals surface area contributed by atoms with E-state index < -0.39 is 0 Å². The van der Waals surface area contributed by atoms with Gasteiger partial charge in [-0.2, -0.15) is 0 Å². The van der Waals surface area contributed by atoms with E-state index in [1.165, 1.54) is 12.8 Å². The third-order valence-electron chi connectivity index (χ3n) is 5.27. The van der Waals surface area contributed by atoms with Crippen LogP contribution in [0.4, 0.5) is 5.69 Å². The molecular formula is C18H25N3O2. The van der Waals surface area contributed by atoms with Crippen LogP contribution in [0.5, 0.6) is 5.88 Å². The van der Waals surface area contributed by atoms with Crippen molar-refractivity contribution >= 4 is 16.6 Å². The fourth-order valence-corrected chi connectivity index (χ4v) is 4.01. The number of aromatic hydroxyl groups is 1. The number of rotatable bonds is 5. The lowest BCUT2D eigenvalue weighted by Crippen LogP contribution is -2.41. The van der Waals surface area contributed by atoms with Gasteiger partial charge in [0.2, 0.25) is 5.88 Å². The molecule has 1 aliphatic heterocycles. The summed E-state index contributed by atoms with van der Waals surface area (Å²) in [7, 11) is 0. The molecule has 124 valence electrons. The first kappa shape index (κ1) is 16.0. The van der Waals surface area contributed by atoms with Crippen LogP contribution in [0.25, 0.3) is 10.9 Å². The zero-order valence-electron chi connectivity index (χ0n) is 13.9. The highest BCUT2D eigenvalue weighted by molar-refractivity contribution is 5.95. The predicted molar refractivity (Wildman–Crippen MR) is 93.3 cm³/mol.